The Morgan fingerprint density at radius 2 is 1.89 bits per heavy atom. The second kappa shape index (κ2) is 9.75. The number of amides is 2. The molecule has 10 nitrogen and oxygen atoms in total. The molecule has 4 aromatic rings. The number of benzene rings is 1. The minimum atomic E-state index is -4.62. The quantitative estimate of drug-likeness (QED) is 0.398. The van der Waals surface area contributed by atoms with Crippen LogP contribution in [0.2, 0.25) is 0 Å². The Morgan fingerprint density at radius 1 is 1.11 bits per heavy atom. The molecule has 2 amide bonds. The van der Waals surface area contributed by atoms with Crippen LogP contribution in [0.15, 0.2) is 59.6 Å². The molecule has 2 N–H and O–H groups in total. The summed E-state index contributed by atoms with van der Waals surface area (Å²) in [6, 6.07) is 8.75. The molecule has 0 atom stereocenters. The predicted octanol–water partition coefficient (Wildman–Crippen LogP) is 3.84. The molecule has 3 aromatic heterocycles. The lowest BCUT2D eigenvalue weighted by Gasteiger charge is -2.09. The van der Waals surface area contributed by atoms with E-state index in [9.17, 15) is 18.0 Å². The number of nitrogens with one attached hydrogen (secondary N) is 2. The average Bonchev–Trinajstić information content (AvgIpc) is 3.25. The molecule has 0 aliphatic rings. The monoisotopic (exact) mass is 486 g/mol. The minimum Gasteiger partial charge on any atom is -0.480 e. The van der Waals surface area contributed by atoms with Crippen molar-refractivity contribution in [2.45, 2.75) is 19.6 Å². The van der Waals surface area contributed by atoms with E-state index in [1.54, 1.807) is 7.11 Å². The Kier molecular flexibility index (Phi) is 6.57. The van der Waals surface area contributed by atoms with Gasteiger partial charge in [-0.1, -0.05) is 24.3 Å². The summed E-state index contributed by atoms with van der Waals surface area (Å²) in [5.74, 6) is 0.484. The molecule has 1 aromatic carbocycles. The van der Waals surface area contributed by atoms with Gasteiger partial charge in [-0.05, 0) is 29.3 Å². The lowest BCUT2D eigenvalue weighted by Crippen LogP contribution is -2.35. The maximum absolute atomic E-state index is 12.8. The summed E-state index contributed by atoms with van der Waals surface area (Å²) < 4.78 is 50.2. The zero-order valence-corrected chi connectivity index (χ0v) is 18.5. The third kappa shape index (κ3) is 5.69. The van der Waals surface area contributed by atoms with Gasteiger partial charge in [-0.15, -0.1) is 0 Å². The van der Waals surface area contributed by atoms with Crippen molar-refractivity contribution in [3.63, 3.8) is 0 Å². The van der Waals surface area contributed by atoms with E-state index in [0.29, 0.717) is 12.4 Å². The van der Waals surface area contributed by atoms with Crippen molar-refractivity contribution in [2.24, 2.45) is 0 Å². The number of aromatic nitrogens is 5. The average molecular weight is 486 g/mol. The van der Waals surface area contributed by atoms with Crippen LogP contribution in [0.3, 0.4) is 0 Å². The number of rotatable bonds is 6. The topological polar surface area (TPSA) is 119 Å². The summed E-state index contributed by atoms with van der Waals surface area (Å²) in [5.41, 5.74) is 2.17. The Balaban J connectivity index is 1.39. The molecule has 0 aliphatic carbocycles. The third-order valence-electron chi connectivity index (χ3n) is 4.84. The van der Waals surface area contributed by atoms with E-state index in [1.165, 1.54) is 23.3 Å². The van der Waals surface area contributed by atoms with Crippen molar-refractivity contribution < 1.29 is 31.9 Å². The number of hydrogen-bond acceptors (Lipinski definition) is 7. The molecule has 0 aliphatic heterocycles. The number of carbonyl (C=O) groups is 1. The van der Waals surface area contributed by atoms with Crippen LogP contribution in [0.5, 0.6) is 5.88 Å². The molecule has 0 unspecified atom stereocenters. The Hall–Kier alpha value is -4.55. The number of pyridine rings is 1. The Bertz CT molecular complexity index is 1340. The number of anilines is 2. The van der Waals surface area contributed by atoms with Crippen molar-refractivity contribution in [2.75, 3.05) is 17.7 Å². The molecule has 0 bridgehead atoms. The highest BCUT2D eigenvalue weighted by Crippen LogP contribution is 2.30. The molecule has 0 saturated carbocycles. The minimum absolute atomic E-state index is 0.00557. The summed E-state index contributed by atoms with van der Waals surface area (Å²) in [6.07, 6.45) is -0.785. The van der Waals surface area contributed by atoms with Gasteiger partial charge in [0.2, 0.25) is 17.7 Å². The van der Waals surface area contributed by atoms with Crippen LogP contribution in [0, 0.1) is 6.92 Å². The van der Waals surface area contributed by atoms with Gasteiger partial charge >= 0.3 is 18.1 Å². The van der Waals surface area contributed by atoms with E-state index in [-0.39, 0.29) is 11.6 Å². The SMILES string of the molecule is COc1ncnc(C)c1-c1ccc(C[n+]2cc(NC(=O)Nc3ccnc(C(F)(F)F)c3)on2)cc1. The van der Waals surface area contributed by atoms with Gasteiger partial charge in [0, 0.05) is 17.4 Å². The maximum Gasteiger partial charge on any atom is 0.433 e. The molecule has 0 radical (unpaired) electrons. The normalized spacial score (nSPS) is 11.2. The fourth-order valence-electron chi connectivity index (χ4n) is 3.25. The van der Waals surface area contributed by atoms with Crippen molar-refractivity contribution in [3.05, 3.63) is 72.1 Å². The molecule has 4 rings (SSSR count). The molecule has 35 heavy (non-hydrogen) atoms. The molecule has 0 spiro atoms. The summed E-state index contributed by atoms with van der Waals surface area (Å²) in [4.78, 5) is 23.7. The second-order valence-corrected chi connectivity index (χ2v) is 7.31. The summed E-state index contributed by atoms with van der Waals surface area (Å²) in [5, 5.41) is 8.51. The van der Waals surface area contributed by atoms with Crippen molar-refractivity contribution >= 4 is 17.6 Å². The fraction of sp³-hybridized carbons (Fsp3) is 0.182. The highest BCUT2D eigenvalue weighted by Gasteiger charge is 2.32. The zero-order chi connectivity index (χ0) is 25.0. The fourth-order valence-corrected chi connectivity index (χ4v) is 3.25. The van der Waals surface area contributed by atoms with Crippen LogP contribution < -0.4 is 20.1 Å². The van der Waals surface area contributed by atoms with Gasteiger partial charge in [-0.25, -0.2) is 14.8 Å². The van der Waals surface area contributed by atoms with Crippen LogP contribution in [-0.4, -0.2) is 33.4 Å². The molecular weight excluding hydrogens is 467 g/mol. The first-order chi connectivity index (χ1) is 16.7. The largest absolute Gasteiger partial charge is 0.480 e. The number of halogens is 3. The Labute approximate surface area is 196 Å². The van der Waals surface area contributed by atoms with E-state index >= 15 is 0 Å². The first-order valence-corrected chi connectivity index (χ1v) is 10.2. The van der Waals surface area contributed by atoms with Crippen LogP contribution in [0.1, 0.15) is 17.0 Å². The smallest absolute Gasteiger partial charge is 0.433 e. The molecule has 3 heterocycles. The lowest BCUT2D eigenvalue weighted by molar-refractivity contribution is -0.754. The van der Waals surface area contributed by atoms with Crippen LogP contribution >= 0.6 is 0 Å². The molecule has 180 valence electrons. The van der Waals surface area contributed by atoms with E-state index < -0.39 is 17.9 Å². The van der Waals surface area contributed by atoms with E-state index in [2.05, 4.69) is 30.9 Å². The highest BCUT2D eigenvalue weighted by molar-refractivity contribution is 5.98. The van der Waals surface area contributed by atoms with Crippen molar-refractivity contribution in [3.8, 4) is 17.0 Å². The van der Waals surface area contributed by atoms with Gasteiger partial charge in [-0.2, -0.15) is 13.2 Å². The lowest BCUT2D eigenvalue weighted by atomic mass is 10.0. The van der Waals surface area contributed by atoms with Crippen LogP contribution in [-0.2, 0) is 12.7 Å². The number of hydrogen-bond donors (Lipinski definition) is 2. The number of nitrogens with zero attached hydrogens (tertiary/aromatic N) is 5. The zero-order valence-electron chi connectivity index (χ0n) is 18.5. The number of urea groups is 1. The Morgan fingerprint density at radius 3 is 2.60 bits per heavy atom. The number of methoxy groups -OCH3 is 1. The highest BCUT2D eigenvalue weighted by atomic mass is 19.4. The standard InChI is InChI=1S/C22H18F3N7O3/c1-13-19(20(34-2)28-12-27-13)15-5-3-14(4-6-15)10-32-11-18(35-31-32)30-21(33)29-16-7-8-26-17(9-16)22(23,24)25/h3-9,11-12H,10H2,1-2H3,(H-,26,29,30,31,33)/p+1. The van der Waals surface area contributed by atoms with Gasteiger partial charge in [-0.3, -0.25) is 14.8 Å². The number of carbonyl (C=O) groups excluding carboxylic acids is 1. The van der Waals surface area contributed by atoms with E-state index in [0.717, 1.165) is 34.6 Å². The van der Waals surface area contributed by atoms with Gasteiger partial charge < -0.3 is 10.1 Å². The molecule has 0 fully saturated rings. The summed E-state index contributed by atoms with van der Waals surface area (Å²) in [7, 11) is 1.55. The van der Waals surface area contributed by atoms with Crippen LogP contribution in [0.4, 0.5) is 29.5 Å². The van der Waals surface area contributed by atoms with Crippen molar-refractivity contribution in [1.29, 1.82) is 0 Å². The first-order valence-electron chi connectivity index (χ1n) is 10.2. The van der Waals surface area contributed by atoms with E-state index in [1.807, 2.05) is 31.2 Å². The predicted molar refractivity (Wildman–Crippen MR) is 116 cm³/mol. The van der Waals surface area contributed by atoms with Crippen molar-refractivity contribution in [1.82, 2.24) is 20.2 Å². The summed E-state index contributed by atoms with van der Waals surface area (Å²) >= 11 is 0. The van der Waals surface area contributed by atoms with Crippen LogP contribution in [0.25, 0.3) is 11.1 Å². The van der Waals surface area contributed by atoms with Gasteiger partial charge in [0.15, 0.2) is 0 Å². The number of ether oxygens (including phenoxy) is 1. The van der Waals surface area contributed by atoms with E-state index in [4.69, 9.17) is 9.26 Å². The maximum atomic E-state index is 12.8. The van der Waals surface area contributed by atoms with Gasteiger partial charge in [0.25, 0.3) is 6.20 Å². The first kappa shape index (κ1) is 23.6. The molecule has 0 saturated heterocycles. The number of aryl methyl sites for hydroxylation is 1. The summed E-state index contributed by atoms with van der Waals surface area (Å²) in [6.45, 7) is 2.21. The second-order valence-electron chi connectivity index (χ2n) is 7.31. The molecule has 13 heteroatoms. The third-order valence-corrected chi connectivity index (χ3v) is 4.84. The number of alkyl halides is 3. The van der Waals surface area contributed by atoms with Gasteiger partial charge in [0.05, 0.1) is 18.4 Å². The molecular formula is C22H19F3N7O3+. The van der Waals surface area contributed by atoms with Gasteiger partial charge in [0.1, 0.15) is 12.0 Å².